The lowest BCUT2D eigenvalue weighted by molar-refractivity contribution is 0.0937. The molecule has 0 bridgehead atoms. The molecule has 9 heteroatoms. The maximum absolute atomic E-state index is 13.7. The van der Waals surface area contributed by atoms with Crippen LogP contribution in [-0.4, -0.2) is 27.2 Å². The summed E-state index contributed by atoms with van der Waals surface area (Å²) < 4.78 is 13.4. The van der Waals surface area contributed by atoms with E-state index in [2.05, 4.69) is 4.98 Å². The van der Waals surface area contributed by atoms with E-state index >= 15 is 0 Å². The van der Waals surface area contributed by atoms with Crippen LogP contribution in [0.5, 0.6) is 0 Å². The fourth-order valence-electron chi connectivity index (χ4n) is 4.51. The third kappa shape index (κ3) is 3.85. The van der Waals surface area contributed by atoms with Crippen LogP contribution in [-0.2, 0) is 29.9 Å². The van der Waals surface area contributed by atoms with Gasteiger partial charge in [-0.3, -0.25) is 9.36 Å². The first-order valence-corrected chi connectivity index (χ1v) is 13.7. The molecule has 1 unspecified atom stereocenters. The minimum Gasteiger partial charge on any atom is -0.444 e. The number of aryl methyl sites for hydroxylation is 2. The number of fused-ring (bicyclic) bond motifs is 3. The molecule has 1 atom stereocenters. The van der Waals surface area contributed by atoms with Crippen molar-refractivity contribution in [2.75, 3.05) is 6.61 Å². The largest absolute Gasteiger partial charge is 0.444 e. The Morgan fingerprint density at radius 2 is 2.16 bits per heavy atom. The summed E-state index contributed by atoms with van der Waals surface area (Å²) in [6, 6.07) is 3.99. The van der Waals surface area contributed by atoms with Crippen LogP contribution >= 0.6 is 34.4 Å². The number of aromatic nitrogens is 3. The molecule has 32 heavy (non-hydrogen) atoms. The zero-order valence-electron chi connectivity index (χ0n) is 17.5. The van der Waals surface area contributed by atoms with E-state index in [9.17, 15) is 4.79 Å². The van der Waals surface area contributed by atoms with Gasteiger partial charge in [0.2, 0.25) is 5.89 Å². The fraction of sp³-hybridized carbons (Fsp3) is 0.435. The smallest absolute Gasteiger partial charge is 0.263 e. The van der Waals surface area contributed by atoms with Gasteiger partial charge in [0.25, 0.3) is 5.56 Å². The molecular formula is C23H23N3O3S3. The molecule has 0 N–H and O–H groups in total. The molecule has 1 fully saturated rings. The van der Waals surface area contributed by atoms with Gasteiger partial charge < -0.3 is 9.15 Å². The SMILES string of the molecule is O=c1c2c3c(sc2nc(SCc2coc(-c4cccs4)n2)n1CC1CCCO1)CCCC3. The van der Waals surface area contributed by atoms with Crippen molar-refractivity contribution in [1.82, 2.24) is 14.5 Å². The highest BCUT2D eigenvalue weighted by Gasteiger charge is 2.25. The second-order valence-corrected chi connectivity index (χ2v) is 11.2. The highest BCUT2D eigenvalue weighted by atomic mass is 32.2. The maximum Gasteiger partial charge on any atom is 0.263 e. The van der Waals surface area contributed by atoms with Gasteiger partial charge in [-0.05, 0) is 55.5 Å². The van der Waals surface area contributed by atoms with Gasteiger partial charge in [0.05, 0.1) is 28.6 Å². The normalized spacial score (nSPS) is 18.4. The van der Waals surface area contributed by atoms with E-state index in [0.29, 0.717) is 18.2 Å². The predicted molar refractivity (Wildman–Crippen MR) is 129 cm³/mol. The molecule has 0 spiro atoms. The Kier molecular flexibility index (Phi) is 5.66. The molecule has 0 aromatic carbocycles. The third-order valence-corrected chi connectivity index (χ3v) is 9.14. The van der Waals surface area contributed by atoms with Crippen molar-refractivity contribution in [1.29, 1.82) is 0 Å². The first-order valence-electron chi connectivity index (χ1n) is 11.0. The first-order chi connectivity index (χ1) is 15.8. The average Bonchev–Trinajstić information content (AvgIpc) is 3.60. The Morgan fingerprint density at radius 1 is 1.22 bits per heavy atom. The molecule has 0 saturated carbocycles. The van der Waals surface area contributed by atoms with Crippen molar-refractivity contribution in [2.24, 2.45) is 0 Å². The Balaban J connectivity index is 1.34. The van der Waals surface area contributed by atoms with Crippen LogP contribution in [0.3, 0.4) is 0 Å². The van der Waals surface area contributed by atoms with E-state index in [1.54, 1.807) is 40.7 Å². The van der Waals surface area contributed by atoms with Gasteiger partial charge in [-0.2, -0.15) is 0 Å². The molecule has 2 aliphatic rings. The molecule has 1 saturated heterocycles. The zero-order chi connectivity index (χ0) is 21.5. The Bertz CT molecular complexity index is 1300. The summed E-state index contributed by atoms with van der Waals surface area (Å²) in [5.74, 6) is 1.24. The number of hydrogen-bond donors (Lipinski definition) is 0. The molecular weight excluding hydrogens is 462 g/mol. The minimum atomic E-state index is 0.0817. The number of nitrogens with zero attached hydrogens (tertiary/aromatic N) is 3. The Hall–Kier alpha value is -1.94. The lowest BCUT2D eigenvalue weighted by Gasteiger charge is -2.16. The van der Waals surface area contributed by atoms with Crippen molar-refractivity contribution >= 4 is 44.7 Å². The standard InChI is InChI=1S/C23H23N3O3S3/c27-22-19-16-6-1-2-7-17(16)32-21(19)25-23(26(22)11-15-5-3-9-28-15)31-13-14-12-29-20(24-14)18-8-4-10-30-18/h4,8,10,12,15H,1-3,5-7,9,11,13H2. The lowest BCUT2D eigenvalue weighted by Crippen LogP contribution is -2.29. The Morgan fingerprint density at radius 3 is 3.00 bits per heavy atom. The number of thioether (sulfide) groups is 1. The number of thiophene rings is 2. The highest BCUT2D eigenvalue weighted by Crippen LogP contribution is 2.35. The average molecular weight is 486 g/mol. The van der Waals surface area contributed by atoms with Crippen LogP contribution in [0.1, 0.15) is 41.8 Å². The molecule has 6 rings (SSSR count). The second kappa shape index (κ2) is 8.78. The van der Waals surface area contributed by atoms with E-state index < -0.39 is 0 Å². The van der Waals surface area contributed by atoms with Crippen molar-refractivity contribution < 1.29 is 9.15 Å². The summed E-state index contributed by atoms with van der Waals surface area (Å²) in [4.78, 5) is 26.5. The number of oxazole rings is 1. The van der Waals surface area contributed by atoms with Gasteiger partial charge in [-0.25, -0.2) is 9.97 Å². The monoisotopic (exact) mass is 485 g/mol. The highest BCUT2D eigenvalue weighted by molar-refractivity contribution is 7.98. The number of ether oxygens (including phenoxy) is 1. The molecule has 1 aliphatic heterocycles. The van der Waals surface area contributed by atoms with Gasteiger partial charge in [-0.1, -0.05) is 17.8 Å². The topological polar surface area (TPSA) is 70.2 Å². The van der Waals surface area contributed by atoms with Crippen molar-refractivity contribution in [3.8, 4) is 10.8 Å². The lowest BCUT2D eigenvalue weighted by atomic mass is 9.97. The predicted octanol–water partition coefficient (Wildman–Crippen LogP) is 5.52. The van der Waals surface area contributed by atoms with Crippen LogP contribution < -0.4 is 5.56 Å². The number of rotatable bonds is 6. The van der Waals surface area contributed by atoms with Crippen LogP contribution in [0.25, 0.3) is 21.0 Å². The molecule has 6 nitrogen and oxygen atoms in total. The molecule has 0 radical (unpaired) electrons. The van der Waals surface area contributed by atoms with Gasteiger partial charge in [0.15, 0.2) is 5.16 Å². The molecule has 0 amide bonds. The van der Waals surface area contributed by atoms with E-state index in [1.807, 2.05) is 22.1 Å². The second-order valence-electron chi connectivity index (χ2n) is 8.25. The quantitative estimate of drug-likeness (QED) is 0.264. The summed E-state index contributed by atoms with van der Waals surface area (Å²) in [5.41, 5.74) is 2.18. The third-order valence-electron chi connectivity index (χ3n) is 6.08. The van der Waals surface area contributed by atoms with Gasteiger partial charge in [-0.15, -0.1) is 22.7 Å². The van der Waals surface area contributed by atoms with E-state index in [-0.39, 0.29) is 11.7 Å². The van der Waals surface area contributed by atoms with Crippen LogP contribution in [0.2, 0.25) is 0 Å². The fourth-order valence-corrected chi connectivity index (χ4v) is 7.35. The van der Waals surface area contributed by atoms with Crippen LogP contribution in [0, 0.1) is 0 Å². The zero-order valence-corrected chi connectivity index (χ0v) is 20.0. The van der Waals surface area contributed by atoms with Crippen molar-refractivity contribution in [3.63, 3.8) is 0 Å². The Labute approximate surface area is 197 Å². The van der Waals surface area contributed by atoms with Gasteiger partial charge in [0.1, 0.15) is 11.1 Å². The van der Waals surface area contributed by atoms with E-state index in [4.69, 9.17) is 14.1 Å². The summed E-state index contributed by atoms with van der Waals surface area (Å²) >= 11 is 4.86. The minimum absolute atomic E-state index is 0.0817. The molecule has 4 aromatic heterocycles. The maximum atomic E-state index is 13.7. The summed E-state index contributed by atoms with van der Waals surface area (Å²) in [7, 11) is 0. The van der Waals surface area contributed by atoms with Crippen LogP contribution in [0.15, 0.2) is 38.1 Å². The summed E-state index contributed by atoms with van der Waals surface area (Å²) in [6.45, 7) is 1.34. The van der Waals surface area contributed by atoms with Gasteiger partial charge in [0, 0.05) is 17.2 Å². The van der Waals surface area contributed by atoms with E-state index in [1.165, 1.54) is 16.9 Å². The molecule has 4 aromatic rings. The molecule has 1 aliphatic carbocycles. The summed E-state index contributed by atoms with van der Waals surface area (Å²) in [5, 5.41) is 3.60. The van der Waals surface area contributed by atoms with Crippen molar-refractivity contribution in [2.45, 2.75) is 62.1 Å². The first kappa shape index (κ1) is 20.7. The van der Waals surface area contributed by atoms with Crippen molar-refractivity contribution in [3.05, 3.63) is 50.3 Å². The molecule has 166 valence electrons. The number of hydrogen-bond acceptors (Lipinski definition) is 8. The molecule has 5 heterocycles. The summed E-state index contributed by atoms with van der Waals surface area (Å²) in [6.07, 6.45) is 8.23. The van der Waals surface area contributed by atoms with E-state index in [0.717, 1.165) is 64.7 Å². The van der Waals surface area contributed by atoms with Gasteiger partial charge >= 0.3 is 0 Å². The van der Waals surface area contributed by atoms with Crippen LogP contribution in [0.4, 0.5) is 0 Å².